The fourth-order valence-corrected chi connectivity index (χ4v) is 4.40. The smallest absolute Gasteiger partial charge is 0.151 e. The van der Waals surface area contributed by atoms with Crippen LogP contribution in [-0.2, 0) is 0 Å². The number of hydrogen-bond acceptors (Lipinski definition) is 8. The lowest BCUT2D eigenvalue weighted by Crippen LogP contribution is -2.62. The summed E-state index contributed by atoms with van der Waals surface area (Å²) in [5, 5.41) is 22.9. The molecule has 31 heavy (non-hydrogen) atoms. The van der Waals surface area contributed by atoms with Crippen molar-refractivity contribution in [2.75, 3.05) is 11.9 Å². The van der Waals surface area contributed by atoms with Crippen molar-refractivity contribution in [1.82, 2.24) is 15.5 Å². The summed E-state index contributed by atoms with van der Waals surface area (Å²) in [6.07, 6.45) is 4.73. The topological polar surface area (TPSA) is 126 Å². The summed E-state index contributed by atoms with van der Waals surface area (Å²) >= 11 is 0. The van der Waals surface area contributed by atoms with Gasteiger partial charge in [-0.25, -0.2) is 0 Å². The van der Waals surface area contributed by atoms with E-state index >= 15 is 0 Å². The minimum absolute atomic E-state index is 0.0503. The number of benzene rings is 1. The highest BCUT2D eigenvalue weighted by atomic mass is 16.3. The summed E-state index contributed by atoms with van der Waals surface area (Å²) in [5.74, 6) is 0.884. The fraction of sp³-hybridized carbons (Fsp3) is 0.435. The van der Waals surface area contributed by atoms with Crippen molar-refractivity contribution < 1.29 is 5.11 Å². The molecule has 2 heterocycles. The first-order chi connectivity index (χ1) is 14.5. The van der Waals surface area contributed by atoms with Crippen molar-refractivity contribution in [3.8, 4) is 17.0 Å². The van der Waals surface area contributed by atoms with E-state index in [9.17, 15) is 5.11 Å². The molecule has 0 radical (unpaired) electrons. The highest BCUT2D eigenvalue weighted by Crippen LogP contribution is 2.34. The third kappa shape index (κ3) is 5.52. The number of aromatic hydroxyl groups is 1. The molecule has 0 bridgehead atoms. The van der Waals surface area contributed by atoms with E-state index in [1.807, 2.05) is 12.1 Å². The van der Waals surface area contributed by atoms with Crippen LogP contribution in [0.5, 0.6) is 5.75 Å². The molecule has 0 spiro atoms. The first-order valence-corrected chi connectivity index (χ1v) is 10.4. The van der Waals surface area contributed by atoms with Gasteiger partial charge in [0, 0.05) is 42.0 Å². The molecule has 6 N–H and O–H groups in total. The van der Waals surface area contributed by atoms with Gasteiger partial charge in [-0.3, -0.25) is 4.99 Å². The molecule has 8 nitrogen and oxygen atoms in total. The molecule has 0 atom stereocenters. The molecule has 1 aromatic heterocycles. The number of allylic oxidation sites excluding steroid dienone is 1. The average Bonchev–Trinajstić information content (AvgIpc) is 2.69. The van der Waals surface area contributed by atoms with Crippen LogP contribution in [0.25, 0.3) is 11.3 Å². The van der Waals surface area contributed by atoms with Crippen LogP contribution in [0.3, 0.4) is 0 Å². The lowest BCUT2D eigenvalue weighted by atomic mass is 9.79. The van der Waals surface area contributed by atoms with Crippen LogP contribution in [-0.4, -0.2) is 45.7 Å². The highest BCUT2D eigenvalue weighted by Gasteiger charge is 2.39. The van der Waals surface area contributed by atoms with Crippen LogP contribution in [0.2, 0.25) is 0 Å². The molecule has 1 aliphatic heterocycles. The second-order valence-electron chi connectivity index (χ2n) is 9.47. The van der Waals surface area contributed by atoms with Crippen molar-refractivity contribution >= 4 is 17.7 Å². The molecule has 2 aromatic rings. The van der Waals surface area contributed by atoms with Crippen LogP contribution < -0.4 is 21.7 Å². The Morgan fingerprint density at radius 2 is 1.84 bits per heavy atom. The van der Waals surface area contributed by atoms with Gasteiger partial charge in [-0.05, 0) is 64.8 Å². The van der Waals surface area contributed by atoms with E-state index < -0.39 is 0 Å². The Bertz CT molecular complexity index is 964. The zero-order valence-corrected chi connectivity index (χ0v) is 18.9. The van der Waals surface area contributed by atoms with E-state index in [-0.39, 0.29) is 16.8 Å². The Hall–Kier alpha value is -3.13. The maximum atomic E-state index is 10.4. The van der Waals surface area contributed by atoms with Gasteiger partial charge < -0.3 is 26.8 Å². The zero-order chi connectivity index (χ0) is 22.8. The summed E-state index contributed by atoms with van der Waals surface area (Å²) in [6, 6.07) is 9.26. The van der Waals surface area contributed by atoms with Gasteiger partial charge in [0.25, 0.3) is 0 Å². The molecule has 0 unspecified atom stereocenters. The predicted octanol–water partition coefficient (Wildman–Crippen LogP) is 3.06. The van der Waals surface area contributed by atoms with Crippen molar-refractivity contribution in [3.63, 3.8) is 0 Å². The molecule has 8 heteroatoms. The molecule has 1 saturated heterocycles. The lowest BCUT2D eigenvalue weighted by Gasteiger charge is -2.49. The Balaban J connectivity index is 1.78. The Kier molecular flexibility index (Phi) is 6.22. The summed E-state index contributed by atoms with van der Waals surface area (Å²) in [6.45, 7) is 8.95. The highest BCUT2D eigenvalue weighted by molar-refractivity contribution is 5.80. The second kappa shape index (κ2) is 8.55. The van der Waals surface area contributed by atoms with Gasteiger partial charge in [0.05, 0.1) is 23.3 Å². The number of piperidine rings is 1. The number of nitrogens with two attached hydrogens (primary N) is 2. The van der Waals surface area contributed by atoms with E-state index in [1.54, 1.807) is 18.2 Å². The standard InChI is InChI=1S/C23H33N7O/c1-22(2)11-17(12-23(3,4)29-22)30(5)21-9-8-19(27-28-21)18-7-6-16(10-20(18)31)26-14-15(25)13-24/h6-10,13-14,17,29,31H,11-12,24-25H2,1-5H3. The van der Waals surface area contributed by atoms with Gasteiger partial charge in [0.15, 0.2) is 5.82 Å². The largest absolute Gasteiger partial charge is 0.507 e. The Labute approximate surface area is 184 Å². The van der Waals surface area contributed by atoms with Gasteiger partial charge in [-0.1, -0.05) is 0 Å². The summed E-state index contributed by atoms with van der Waals surface area (Å²) in [4.78, 5) is 6.38. The van der Waals surface area contributed by atoms with Crippen LogP contribution in [0, 0.1) is 0 Å². The summed E-state index contributed by atoms with van der Waals surface area (Å²) in [7, 11) is 2.07. The lowest BCUT2D eigenvalue weighted by molar-refractivity contribution is 0.160. The summed E-state index contributed by atoms with van der Waals surface area (Å²) in [5.41, 5.74) is 13.1. The molecule has 0 aliphatic carbocycles. The van der Waals surface area contributed by atoms with E-state index in [0.29, 0.717) is 28.7 Å². The molecule has 1 aliphatic rings. The molecule has 0 amide bonds. The fourth-order valence-electron chi connectivity index (χ4n) is 4.40. The molecule has 3 rings (SSSR count). The third-order valence-electron chi connectivity index (χ3n) is 5.54. The van der Waals surface area contributed by atoms with Gasteiger partial charge in [-0.15, -0.1) is 10.2 Å². The number of nitrogens with one attached hydrogen (secondary N) is 1. The number of hydrogen-bond donors (Lipinski definition) is 4. The minimum Gasteiger partial charge on any atom is -0.507 e. The average molecular weight is 424 g/mol. The predicted molar refractivity (Wildman–Crippen MR) is 126 cm³/mol. The minimum atomic E-state index is 0.0503. The number of phenolic OH excluding ortho intramolecular Hbond substituents is 1. The Morgan fingerprint density at radius 3 is 2.39 bits per heavy atom. The van der Waals surface area contributed by atoms with Gasteiger partial charge in [0.1, 0.15) is 5.75 Å². The molecular weight excluding hydrogens is 390 g/mol. The van der Waals surface area contributed by atoms with Crippen LogP contribution >= 0.6 is 0 Å². The number of aromatic nitrogens is 2. The van der Waals surface area contributed by atoms with Crippen molar-refractivity contribution in [1.29, 1.82) is 0 Å². The molecule has 1 aromatic carbocycles. The van der Waals surface area contributed by atoms with Crippen LogP contribution in [0.4, 0.5) is 11.5 Å². The maximum Gasteiger partial charge on any atom is 0.151 e. The first kappa shape index (κ1) is 22.6. The number of rotatable bonds is 5. The third-order valence-corrected chi connectivity index (χ3v) is 5.54. The number of nitrogens with zero attached hydrogens (tertiary/aromatic N) is 4. The number of anilines is 1. The molecule has 1 fully saturated rings. The number of phenols is 1. The van der Waals surface area contributed by atoms with Gasteiger partial charge in [0.2, 0.25) is 0 Å². The second-order valence-corrected chi connectivity index (χ2v) is 9.47. The van der Waals surface area contributed by atoms with Crippen molar-refractivity contribution in [2.45, 2.75) is 57.7 Å². The monoisotopic (exact) mass is 423 g/mol. The van der Waals surface area contributed by atoms with Crippen LogP contribution in [0.1, 0.15) is 40.5 Å². The first-order valence-electron chi connectivity index (χ1n) is 10.4. The molecule has 0 saturated carbocycles. The summed E-state index contributed by atoms with van der Waals surface area (Å²) < 4.78 is 0. The van der Waals surface area contributed by atoms with Gasteiger partial charge >= 0.3 is 0 Å². The van der Waals surface area contributed by atoms with Crippen LogP contribution in [0.15, 0.2) is 47.2 Å². The molecule has 166 valence electrons. The van der Waals surface area contributed by atoms with Crippen molar-refractivity contribution in [3.05, 3.63) is 42.2 Å². The zero-order valence-electron chi connectivity index (χ0n) is 18.9. The quantitative estimate of drug-likeness (QED) is 0.545. The van der Waals surface area contributed by atoms with E-state index in [4.69, 9.17) is 11.5 Å². The van der Waals surface area contributed by atoms with E-state index in [1.165, 1.54) is 12.4 Å². The number of aliphatic imine (C=N–C) groups is 1. The van der Waals surface area contributed by atoms with E-state index in [0.717, 1.165) is 18.7 Å². The van der Waals surface area contributed by atoms with E-state index in [2.05, 4.69) is 60.1 Å². The normalized spacial score (nSPS) is 18.9. The van der Waals surface area contributed by atoms with Gasteiger partial charge in [-0.2, -0.15) is 0 Å². The SMILES string of the molecule is CN(c1ccc(-c2ccc(N=CC(N)=CN)cc2O)nn1)C1CC(C)(C)NC(C)(C)C1. The maximum absolute atomic E-state index is 10.4. The Morgan fingerprint density at radius 1 is 1.16 bits per heavy atom. The molecular formula is C23H33N7O. The van der Waals surface area contributed by atoms with Crippen molar-refractivity contribution in [2.24, 2.45) is 16.5 Å².